The van der Waals surface area contributed by atoms with E-state index < -0.39 is 34.4 Å². The molecule has 8 nitrogen and oxygen atoms in total. The third-order valence-electron chi connectivity index (χ3n) is 4.66. The fraction of sp³-hybridized carbons (Fsp3) is 0.368. The molecule has 148 valence electrons. The summed E-state index contributed by atoms with van der Waals surface area (Å²) in [6.45, 7) is 3.60. The zero-order chi connectivity index (χ0) is 20.5. The summed E-state index contributed by atoms with van der Waals surface area (Å²) in [6.07, 6.45) is 2.27. The Morgan fingerprint density at radius 2 is 1.93 bits per heavy atom. The maximum absolute atomic E-state index is 12.9. The first-order valence-corrected chi connectivity index (χ1v) is 10.1. The lowest BCUT2D eigenvalue weighted by Gasteiger charge is -2.33. The van der Waals surface area contributed by atoms with Gasteiger partial charge in [0.05, 0.1) is 29.1 Å². The summed E-state index contributed by atoms with van der Waals surface area (Å²) in [5, 5.41) is 0.0861. The molecule has 1 aliphatic heterocycles. The number of benzene rings is 1. The molecule has 0 saturated heterocycles. The van der Waals surface area contributed by atoms with Crippen LogP contribution in [0.2, 0.25) is 0 Å². The lowest BCUT2D eigenvalue weighted by Crippen LogP contribution is -2.45. The van der Waals surface area contributed by atoms with Gasteiger partial charge in [-0.1, -0.05) is 30.3 Å². The highest BCUT2D eigenvalue weighted by Gasteiger charge is 2.53. The molecule has 1 aliphatic rings. The van der Waals surface area contributed by atoms with Crippen molar-refractivity contribution in [3.05, 3.63) is 53.3 Å². The van der Waals surface area contributed by atoms with Gasteiger partial charge in [-0.2, -0.15) is 0 Å². The van der Waals surface area contributed by atoms with E-state index in [-0.39, 0.29) is 11.8 Å². The second-order valence-corrected chi connectivity index (χ2v) is 8.07. The van der Waals surface area contributed by atoms with Gasteiger partial charge in [0.25, 0.3) is 0 Å². The first kappa shape index (κ1) is 19.9. The van der Waals surface area contributed by atoms with Gasteiger partial charge in [-0.15, -0.1) is 0 Å². The van der Waals surface area contributed by atoms with E-state index in [1.54, 1.807) is 13.8 Å². The van der Waals surface area contributed by atoms with Crippen LogP contribution in [0.25, 0.3) is 0 Å². The van der Waals surface area contributed by atoms with E-state index in [0.717, 1.165) is 5.56 Å². The molecule has 28 heavy (non-hydrogen) atoms. The molecule has 2 aromatic rings. The van der Waals surface area contributed by atoms with E-state index in [1.807, 2.05) is 30.3 Å². The van der Waals surface area contributed by atoms with Crippen LogP contribution in [0.4, 0.5) is 4.79 Å². The maximum Gasteiger partial charge on any atom is 0.411 e. The molecule has 0 N–H and O–H groups in total. The van der Waals surface area contributed by atoms with E-state index >= 15 is 0 Å². The lowest BCUT2D eigenvalue weighted by atomic mass is 9.97. The zero-order valence-corrected chi connectivity index (χ0v) is 16.9. The summed E-state index contributed by atoms with van der Waals surface area (Å²) in [5.41, 5.74) is 0.779. The van der Waals surface area contributed by atoms with Crippen molar-refractivity contribution in [1.82, 2.24) is 14.9 Å². The fourth-order valence-electron chi connectivity index (χ4n) is 3.22. The maximum atomic E-state index is 12.9. The molecular formula is C19H21N3O5S. The van der Waals surface area contributed by atoms with Gasteiger partial charge in [0.15, 0.2) is 6.04 Å². The molecular weight excluding hydrogens is 382 g/mol. The quantitative estimate of drug-likeness (QED) is 0.571. The molecule has 0 bridgehead atoms. The monoisotopic (exact) mass is 403 g/mol. The molecule has 3 rings (SSSR count). The van der Waals surface area contributed by atoms with Crippen molar-refractivity contribution in [3.8, 4) is 0 Å². The average Bonchev–Trinajstić information content (AvgIpc) is 2.93. The highest BCUT2D eigenvalue weighted by Crippen LogP contribution is 2.45. The molecule has 0 radical (unpaired) electrons. The van der Waals surface area contributed by atoms with Gasteiger partial charge < -0.3 is 9.47 Å². The number of aromatic nitrogens is 2. The molecule has 1 aromatic carbocycles. The predicted octanol–water partition coefficient (Wildman–Crippen LogP) is 2.32. The van der Waals surface area contributed by atoms with Crippen molar-refractivity contribution in [1.29, 1.82) is 0 Å². The van der Waals surface area contributed by atoms with E-state index in [4.69, 9.17) is 9.47 Å². The van der Waals surface area contributed by atoms with Crippen LogP contribution in [0, 0.1) is 0 Å². The van der Waals surface area contributed by atoms with Gasteiger partial charge in [-0.3, -0.25) is 9.11 Å². The molecule has 2 atom stereocenters. The Labute approximate surface area is 165 Å². The minimum Gasteiger partial charge on any atom is -0.467 e. The van der Waals surface area contributed by atoms with E-state index in [0.29, 0.717) is 11.3 Å². The minimum atomic E-state index is -1.44. The van der Waals surface area contributed by atoms with Gasteiger partial charge in [-0.05, 0) is 19.4 Å². The van der Waals surface area contributed by atoms with Gasteiger partial charge in [0, 0.05) is 18.0 Å². The van der Waals surface area contributed by atoms with E-state index in [1.165, 1.54) is 24.5 Å². The molecule has 9 heteroatoms. The number of methoxy groups -OCH3 is 1. The number of ether oxygens (including phenoxy) is 2. The molecule has 2 heterocycles. The highest BCUT2D eigenvalue weighted by molar-refractivity contribution is 7.84. The van der Waals surface area contributed by atoms with Gasteiger partial charge in [0.2, 0.25) is 5.16 Å². The van der Waals surface area contributed by atoms with Crippen LogP contribution < -0.4 is 0 Å². The largest absolute Gasteiger partial charge is 0.467 e. The third-order valence-corrected chi connectivity index (χ3v) is 5.37. The first-order chi connectivity index (χ1) is 13.3. The van der Waals surface area contributed by atoms with Crippen LogP contribution in [-0.4, -0.2) is 44.5 Å². The number of carbonyl (C=O) groups excluding carboxylic acids is 2. The number of hydrogen-bond donors (Lipinski definition) is 0. The molecule has 1 aromatic heterocycles. The van der Waals surface area contributed by atoms with Gasteiger partial charge >= 0.3 is 12.1 Å². The summed E-state index contributed by atoms with van der Waals surface area (Å²) >= 11 is 0. The zero-order valence-electron chi connectivity index (χ0n) is 16.0. The van der Waals surface area contributed by atoms with E-state index in [2.05, 4.69) is 9.97 Å². The number of carbonyl (C=O) groups is 2. The molecule has 1 amide bonds. The van der Waals surface area contributed by atoms with Crippen LogP contribution >= 0.6 is 0 Å². The number of amides is 1. The lowest BCUT2D eigenvalue weighted by molar-refractivity contribution is -0.148. The number of nitrogens with zero attached hydrogens (tertiary/aromatic N) is 3. The van der Waals surface area contributed by atoms with Crippen molar-refractivity contribution in [3.63, 3.8) is 0 Å². The molecule has 0 fully saturated rings. The van der Waals surface area contributed by atoms with E-state index in [9.17, 15) is 13.8 Å². The van der Waals surface area contributed by atoms with Gasteiger partial charge in [0.1, 0.15) is 6.61 Å². The molecule has 0 aliphatic carbocycles. The highest BCUT2D eigenvalue weighted by atomic mass is 32.2. The third kappa shape index (κ3) is 3.49. The number of hydrogen-bond acceptors (Lipinski definition) is 7. The number of rotatable bonds is 4. The van der Waals surface area contributed by atoms with Gasteiger partial charge in [-0.25, -0.2) is 19.6 Å². The average molecular weight is 403 g/mol. The topological polar surface area (TPSA) is 98.7 Å². The summed E-state index contributed by atoms with van der Waals surface area (Å²) in [5.74, 6) is -0.657. The second kappa shape index (κ2) is 7.67. The normalized spacial score (nSPS) is 18.3. The summed E-state index contributed by atoms with van der Waals surface area (Å²) in [7, 11) is -0.199. The van der Waals surface area contributed by atoms with Crippen molar-refractivity contribution in [2.75, 3.05) is 13.4 Å². The van der Waals surface area contributed by atoms with Crippen LogP contribution in [0.3, 0.4) is 0 Å². The van der Waals surface area contributed by atoms with Crippen LogP contribution in [0.1, 0.15) is 36.7 Å². The number of fused-ring (bicyclic) bond motifs is 1. The SMILES string of the molecule is COC(=O)C1c2nc(S(C)=O)ncc2C(C)(C)N1C(=O)OCc1ccccc1. The molecule has 0 saturated carbocycles. The molecule has 2 unspecified atom stereocenters. The van der Waals surface area contributed by atoms with Crippen molar-refractivity contribution >= 4 is 22.9 Å². The Hall–Kier alpha value is -2.81. The number of esters is 1. The Morgan fingerprint density at radius 3 is 2.54 bits per heavy atom. The predicted molar refractivity (Wildman–Crippen MR) is 101 cm³/mol. The van der Waals surface area contributed by atoms with Crippen LogP contribution in [-0.2, 0) is 37.2 Å². The summed E-state index contributed by atoms with van der Waals surface area (Å²) in [4.78, 5) is 35.2. The van der Waals surface area contributed by atoms with Crippen LogP contribution in [0.15, 0.2) is 41.7 Å². The summed E-state index contributed by atoms with van der Waals surface area (Å²) < 4.78 is 22.1. The van der Waals surface area contributed by atoms with Crippen molar-refractivity contribution in [2.24, 2.45) is 0 Å². The van der Waals surface area contributed by atoms with Crippen molar-refractivity contribution < 1.29 is 23.3 Å². The Kier molecular flexibility index (Phi) is 5.46. The summed E-state index contributed by atoms with van der Waals surface area (Å²) in [6, 6.07) is 8.12. The van der Waals surface area contributed by atoms with Crippen LogP contribution in [0.5, 0.6) is 0 Å². The Balaban J connectivity index is 1.97. The second-order valence-electron chi connectivity index (χ2n) is 6.80. The Morgan fingerprint density at radius 1 is 1.25 bits per heavy atom. The molecule has 0 spiro atoms. The first-order valence-electron chi connectivity index (χ1n) is 8.56. The Bertz CT molecular complexity index is 932. The standard InChI is InChI=1S/C19H21N3O5S/c1-19(2)13-10-20-17(28(4)25)21-14(13)15(16(23)26-3)22(19)18(24)27-11-12-8-6-5-7-9-12/h5-10,15H,11H2,1-4H3. The fourth-order valence-corrected chi connectivity index (χ4v) is 3.65. The van der Waals surface area contributed by atoms with Crippen molar-refractivity contribution in [2.45, 2.75) is 37.2 Å². The smallest absolute Gasteiger partial charge is 0.411 e. The minimum absolute atomic E-state index is 0.0619.